The number of carbonyl (C=O) groups excluding carboxylic acids is 1. The van der Waals surface area contributed by atoms with E-state index < -0.39 is 9.84 Å². The molecule has 138 valence electrons. The quantitative estimate of drug-likeness (QED) is 0.835. The molecule has 1 aromatic rings. The van der Waals surface area contributed by atoms with Crippen molar-refractivity contribution in [3.05, 3.63) is 23.2 Å². The van der Waals surface area contributed by atoms with E-state index in [0.717, 1.165) is 25.8 Å². The molecule has 1 aromatic carbocycles. The fraction of sp³-hybridized carbons (Fsp3) is 0.562. The van der Waals surface area contributed by atoms with E-state index in [4.69, 9.17) is 16.3 Å². The van der Waals surface area contributed by atoms with Crippen molar-refractivity contribution in [1.29, 1.82) is 0 Å². The van der Waals surface area contributed by atoms with Crippen LogP contribution in [0.1, 0.15) is 6.42 Å². The predicted octanol–water partition coefficient (Wildman–Crippen LogP) is 1.68. The molecule has 2 heterocycles. The van der Waals surface area contributed by atoms with Gasteiger partial charge in [0.15, 0.2) is 9.84 Å². The predicted molar refractivity (Wildman–Crippen MR) is 95.9 cm³/mol. The number of anilines is 1. The number of piperidine rings is 1. The van der Waals surface area contributed by atoms with Gasteiger partial charge >= 0.3 is 6.03 Å². The van der Waals surface area contributed by atoms with E-state index in [0.29, 0.717) is 18.8 Å². The zero-order valence-corrected chi connectivity index (χ0v) is 15.8. The number of sulfone groups is 1. The van der Waals surface area contributed by atoms with Gasteiger partial charge in [-0.1, -0.05) is 11.6 Å². The Hall–Kier alpha value is -1.35. The van der Waals surface area contributed by atoms with Crippen molar-refractivity contribution >= 4 is 33.2 Å². The topological polar surface area (TPSA) is 79.0 Å². The first-order valence-electron chi connectivity index (χ1n) is 8.13. The molecule has 0 aromatic heterocycles. The van der Waals surface area contributed by atoms with Crippen molar-refractivity contribution < 1.29 is 17.9 Å². The second-order valence-electron chi connectivity index (χ2n) is 6.54. The van der Waals surface area contributed by atoms with Crippen molar-refractivity contribution in [2.75, 3.05) is 44.9 Å². The summed E-state index contributed by atoms with van der Waals surface area (Å²) in [6.07, 6.45) is 2.04. The average Bonchev–Trinajstić information content (AvgIpc) is 2.55. The van der Waals surface area contributed by atoms with Crippen LogP contribution in [0.15, 0.2) is 23.1 Å². The number of benzene rings is 1. The first-order chi connectivity index (χ1) is 11.8. The van der Waals surface area contributed by atoms with Crippen molar-refractivity contribution in [1.82, 2.24) is 9.80 Å². The Kier molecular flexibility index (Phi) is 5.24. The molecule has 0 saturated carbocycles. The monoisotopic (exact) mass is 387 g/mol. The number of halogens is 1. The van der Waals surface area contributed by atoms with Gasteiger partial charge in [0.25, 0.3) is 0 Å². The summed E-state index contributed by atoms with van der Waals surface area (Å²) in [4.78, 5) is 16.5. The Balaban J connectivity index is 1.70. The van der Waals surface area contributed by atoms with Crippen LogP contribution in [0.4, 0.5) is 10.5 Å². The molecule has 2 fully saturated rings. The maximum atomic E-state index is 12.6. The van der Waals surface area contributed by atoms with Crippen LogP contribution in [0.3, 0.4) is 0 Å². The highest BCUT2D eigenvalue weighted by Gasteiger charge is 2.36. The van der Waals surface area contributed by atoms with Gasteiger partial charge in [0.05, 0.1) is 28.7 Å². The smallest absolute Gasteiger partial charge is 0.321 e. The highest BCUT2D eigenvalue weighted by atomic mass is 35.5. The molecule has 1 N–H and O–H groups in total. The van der Waals surface area contributed by atoms with Gasteiger partial charge in [-0.15, -0.1) is 0 Å². The minimum Gasteiger partial charge on any atom is -0.375 e. The van der Waals surface area contributed by atoms with E-state index in [2.05, 4.69) is 10.2 Å². The standard InChI is InChI=1S/C16H22ClN3O4S/c1-19-7-8-24-14-5-6-20(10-13(14)19)16(21)18-11-3-4-12(17)15(9-11)25(2,22)23/h3-4,9,13-14H,5-8,10H2,1-2H3,(H,18,21). The summed E-state index contributed by atoms with van der Waals surface area (Å²) < 4.78 is 29.3. The lowest BCUT2D eigenvalue weighted by Gasteiger charge is -2.45. The Labute approximate surface area is 152 Å². The molecule has 2 unspecified atom stereocenters. The van der Waals surface area contributed by atoms with E-state index in [9.17, 15) is 13.2 Å². The number of hydrogen-bond acceptors (Lipinski definition) is 5. The van der Waals surface area contributed by atoms with Crippen molar-refractivity contribution in [2.45, 2.75) is 23.5 Å². The zero-order valence-electron chi connectivity index (χ0n) is 14.2. The molecule has 2 aliphatic rings. The fourth-order valence-corrected chi connectivity index (χ4v) is 4.60. The van der Waals surface area contributed by atoms with Crippen LogP contribution in [0.25, 0.3) is 0 Å². The maximum absolute atomic E-state index is 12.6. The van der Waals surface area contributed by atoms with Crippen LogP contribution < -0.4 is 5.32 Å². The van der Waals surface area contributed by atoms with Gasteiger partial charge in [0.2, 0.25) is 0 Å². The number of amides is 2. The minimum absolute atomic E-state index is 0.00564. The molecule has 2 saturated heterocycles. The molecule has 3 rings (SSSR count). The van der Waals surface area contributed by atoms with E-state index in [1.165, 1.54) is 12.1 Å². The molecule has 2 atom stereocenters. The average molecular weight is 388 g/mol. The SMILES string of the molecule is CN1CCOC2CCN(C(=O)Nc3ccc(Cl)c(S(C)(=O)=O)c3)CC21. The van der Waals surface area contributed by atoms with Crippen molar-refractivity contribution in [3.8, 4) is 0 Å². The largest absolute Gasteiger partial charge is 0.375 e. The summed E-state index contributed by atoms with van der Waals surface area (Å²) in [6, 6.07) is 4.39. The molecule has 0 radical (unpaired) electrons. The number of hydrogen-bond donors (Lipinski definition) is 1. The van der Waals surface area contributed by atoms with E-state index >= 15 is 0 Å². The summed E-state index contributed by atoms with van der Waals surface area (Å²) >= 11 is 5.94. The second-order valence-corrected chi connectivity index (χ2v) is 8.93. The molecular weight excluding hydrogens is 366 g/mol. The molecule has 0 spiro atoms. The number of likely N-dealkylation sites (tertiary alicyclic amines) is 1. The Bertz CT molecular complexity index is 771. The molecule has 9 heteroatoms. The number of fused-ring (bicyclic) bond motifs is 1. The summed E-state index contributed by atoms with van der Waals surface area (Å²) in [5, 5.41) is 2.91. The number of urea groups is 1. The lowest BCUT2D eigenvalue weighted by atomic mass is 9.99. The molecular formula is C16H22ClN3O4S. The number of carbonyl (C=O) groups is 1. The van der Waals surface area contributed by atoms with Crippen molar-refractivity contribution in [3.63, 3.8) is 0 Å². The number of nitrogens with zero attached hydrogens (tertiary/aromatic N) is 2. The van der Waals surface area contributed by atoms with Gasteiger partial charge in [-0.25, -0.2) is 13.2 Å². The molecule has 25 heavy (non-hydrogen) atoms. The fourth-order valence-electron chi connectivity index (χ4n) is 3.29. The second kappa shape index (κ2) is 7.11. The number of rotatable bonds is 2. The lowest BCUT2D eigenvalue weighted by molar-refractivity contribution is -0.0875. The molecule has 2 aliphatic heterocycles. The first-order valence-corrected chi connectivity index (χ1v) is 10.4. The molecule has 0 bridgehead atoms. The third-order valence-electron chi connectivity index (χ3n) is 4.73. The minimum atomic E-state index is -3.46. The first kappa shape index (κ1) is 18.4. The van der Waals surface area contributed by atoms with E-state index in [1.54, 1.807) is 11.0 Å². The Morgan fingerprint density at radius 1 is 1.36 bits per heavy atom. The third kappa shape index (κ3) is 4.08. The summed E-state index contributed by atoms with van der Waals surface area (Å²) in [6.45, 7) is 2.77. The zero-order chi connectivity index (χ0) is 18.2. The van der Waals surface area contributed by atoms with Gasteiger partial charge < -0.3 is 15.0 Å². The van der Waals surface area contributed by atoms with Crippen LogP contribution in [0.2, 0.25) is 5.02 Å². The summed E-state index contributed by atoms with van der Waals surface area (Å²) in [5.41, 5.74) is 0.408. The van der Waals surface area contributed by atoms with Crippen LogP contribution in [-0.4, -0.2) is 75.9 Å². The lowest BCUT2D eigenvalue weighted by Crippen LogP contribution is -2.60. The normalized spacial score (nSPS) is 24.7. The van der Waals surface area contributed by atoms with Crippen LogP contribution in [0.5, 0.6) is 0 Å². The van der Waals surface area contributed by atoms with Gasteiger partial charge in [0, 0.05) is 31.6 Å². The van der Waals surface area contributed by atoms with E-state index in [1.807, 2.05) is 7.05 Å². The number of likely N-dealkylation sites (N-methyl/N-ethyl adjacent to an activating group) is 1. The molecule has 7 nitrogen and oxygen atoms in total. The molecule has 2 amide bonds. The summed E-state index contributed by atoms with van der Waals surface area (Å²) in [7, 11) is -1.42. The van der Waals surface area contributed by atoms with Gasteiger partial charge in [0.1, 0.15) is 0 Å². The van der Waals surface area contributed by atoms with Crippen LogP contribution >= 0.6 is 11.6 Å². The number of morpholine rings is 1. The van der Waals surface area contributed by atoms with Crippen LogP contribution in [-0.2, 0) is 14.6 Å². The molecule has 0 aliphatic carbocycles. The van der Waals surface area contributed by atoms with Crippen LogP contribution in [0, 0.1) is 0 Å². The van der Waals surface area contributed by atoms with Gasteiger partial charge in [-0.2, -0.15) is 0 Å². The Morgan fingerprint density at radius 3 is 2.84 bits per heavy atom. The Morgan fingerprint density at radius 2 is 2.12 bits per heavy atom. The maximum Gasteiger partial charge on any atom is 0.321 e. The highest BCUT2D eigenvalue weighted by molar-refractivity contribution is 7.90. The third-order valence-corrected chi connectivity index (χ3v) is 6.31. The summed E-state index contributed by atoms with van der Waals surface area (Å²) in [5.74, 6) is 0. The van der Waals surface area contributed by atoms with Crippen molar-refractivity contribution in [2.24, 2.45) is 0 Å². The van der Waals surface area contributed by atoms with E-state index in [-0.39, 0.29) is 28.1 Å². The highest BCUT2D eigenvalue weighted by Crippen LogP contribution is 2.26. The number of nitrogens with one attached hydrogen (secondary N) is 1. The number of ether oxygens (including phenoxy) is 1. The van der Waals surface area contributed by atoms with Gasteiger partial charge in [-0.05, 0) is 31.7 Å². The van der Waals surface area contributed by atoms with Gasteiger partial charge in [-0.3, -0.25) is 4.90 Å².